The first-order valence-corrected chi connectivity index (χ1v) is 8.47. The van der Waals surface area contributed by atoms with Crippen LogP contribution in [0.5, 0.6) is 17.2 Å². The van der Waals surface area contributed by atoms with Crippen LogP contribution in [0.15, 0.2) is 30.3 Å². The lowest BCUT2D eigenvalue weighted by molar-refractivity contribution is -0.0471. The van der Waals surface area contributed by atoms with Crippen LogP contribution >= 0.6 is 0 Å². The third-order valence-electron chi connectivity index (χ3n) is 4.43. The summed E-state index contributed by atoms with van der Waals surface area (Å²) < 4.78 is 0. The Labute approximate surface area is 152 Å². The van der Waals surface area contributed by atoms with E-state index in [2.05, 4.69) is 0 Å². The molecule has 0 heterocycles. The van der Waals surface area contributed by atoms with Crippen molar-refractivity contribution >= 4 is 0 Å². The number of hydrogen-bond donors (Lipinski definition) is 6. The molecule has 2 aromatic carbocycles. The van der Waals surface area contributed by atoms with E-state index < -0.39 is 11.7 Å². The van der Waals surface area contributed by atoms with Gasteiger partial charge >= 0.3 is 0 Å². The van der Waals surface area contributed by atoms with Gasteiger partial charge in [-0.1, -0.05) is 6.07 Å². The average molecular weight is 362 g/mol. The van der Waals surface area contributed by atoms with Gasteiger partial charge in [0.25, 0.3) is 0 Å². The maximum absolute atomic E-state index is 10.2. The molecule has 0 aliphatic carbocycles. The fourth-order valence-electron chi connectivity index (χ4n) is 2.84. The van der Waals surface area contributed by atoms with Crippen molar-refractivity contribution in [2.24, 2.45) is 0 Å². The molecule has 0 fully saturated rings. The van der Waals surface area contributed by atoms with E-state index in [1.807, 2.05) is 0 Å². The van der Waals surface area contributed by atoms with E-state index in [9.17, 15) is 30.6 Å². The average Bonchev–Trinajstić information content (AvgIpc) is 2.51. The van der Waals surface area contributed by atoms with Crippen LogP contribution in [0.4, 0.5) is 0 Å². The largest absolute Gasteiger partial charge is 0.508 e. The molecule has 0 saturated carbocycles. The quantitative estimate of drug-likeness (QED) is 0.446. The van der Waals surface area contributed by atoms with Gasteiger partial charge in [-0.25, -0.2) is 0 Å². The molecule has 0 bridgehead atoms. The summed E-state index contributed by atoms with van der Waals surface area (Å²) in [4.78, 5) is 0. The van der Waals surface area contributed by atoms with Gasteiger partial charge in [0.05, 0.1) is 18.3 Å². The van der Waals surface area contributed by atoms with Gasteiger partial charge in [0, 0.05) is 18.1 Å². The Morgan fingerprint density at radius 1 is 0.885 bits per heavy atom. The molecule has 0 amide bonds. The molecule has 0 radical (unpaired) electrons. The third kappa shape index (κ3) is 5.11. The predicted octanol–water partition coefficient (Wildman–Crippen LogP) is 1.76. The monoisotopic (exact) mass is 362 g/mol. The molecule has 2 rings (SSSR count). The van der Waals surface area contributed by atoms with Crippen LogP contribution in [0.2, 0.25) is 0 Å². The smallest absolute Gasteiger partial charge is 0.121 e. The van der Waals surface area contributed by atoms with Gasteiger partial charge in [0.15, 0.2) is 0 Å². The lowest BCUT2D eigenvalue weighted by atomic mass is 9.90. The highest BCUT2D eigenvalue weighted by Gasteiger charge is 2.26. The molecule has 6 heteroatoms. The number of phenolic OH excluding ortho intramolecular Hbond substituents is 2. The first-order chi connectivity index (χ1) is 12.1. The summed E-state index contributed by atoms with van der Waals surface area (Å²) in [5.74, 6) is -0.110. The molecular formula is C20H26O6. The normalized spacial score (nSPS) is 13.0. The lowest BCUT2D eigenvalue weighted by Crippen LogP contribution is -2.37. The Kier molecular flexibility index (Phi) is 6.13. The summed E-state index contributed by atoms with van der Waals surface area (Å²) in [7, 11) is 0. The number of hydrogen-bond acceptors (Lipinski definition) is 6. The van der Waals surface area contributed by atoms with Gasteiger partial charge in [-0.3, -0.25) is 0 Å². The molecule has 142 valence electrons. The molecule has 0 spiro atoms. The van der Waals surface area contributed by atoms with Crippen molar-refractivity contribution in [2.45, 2.75) is 51.4 Å². The third-order valence-corrected chi connectivity index (χ3v) is 4.43. The van der Waals surface area contributed by atoms with Crippen molar-refractivity contribution in [3.63, 3.8) is 0 Å². The highest BCUT2D eigenvalue weighted by molar-refractivity contribution is 5.44. The van der Waals surface area contributed by atoms with Crippen LogP contribution < -0.4 is 0 Å². The molecule has 26 heavy (non-hydrogen) atoms. The van der Waals surface area contributed by atoms with Crippen molar-refractivity contribution in [3.05, 3.63) is 52.6 Å². The van der Waals surface area contributed by atoms with E-state index in [0.717, 1.165) is 11.1 Å². The van der Waals surface area contributed by atoms with Crippen LogP contribution in [0.3, 0.4) is 0 Å². The Hall–Kier alpha value is -2.28. The topological polar surface area (TPSA) is 121 Å². The zero-order valence-corrected chi connectivity index (χ0v) is 15.0. The molecule has 0 aliphatic heterocycles. The number of aryl methyl sites for hydroxylation is 2. The Balaban J connectivity index is 2.23. The number of phenols is 3. The summed E-state index contributed by atoms with van der Waals surface area (Å²) >= 11 is 0. The minimum Gasteiger partial charge on any atom is -0.508 e. The highest BCUT2D eigenvalue weighted by Crippen LogP contribution is 2.28. The number of aliphatic hydroxyl groups excluding tert-OH is 2. The molecule has 0 aliphatic rings. The van der Waals surface area contributed by atoms with Gasteiger partial charge in [0.2, 0.25) is 0 Å². The fourth-order valence-corrected chi connectivity index (χ4v) is 2.84. The second-order valence-corrected chi connectivity index (χ2v) is 7.14. The van der Waals surface area contributed by atoms with E-state index in [1.165, 1.54) is 19.9 Å². The zero-order chi connectivity index (χ0) is 19.5. The minimum absolute atomic E-state index is 0.0209. The van der Waals surface area contributed by atoms with E-state index in [-0.39, 0.29) is 30.3 Å². The van der Waals surface area contributed by atoms with Crippen molar-refractivity contribution < 1.29 is 30.6 Å². The summed E-state index contributed by atoms with van der Waals surface area (Å²) in [6.07, 6.45) is 0.0833. The fraction of sp³-hybridized carbons (Fsp3) is 0.400. The molecule has 0 saturated heterocycles. The van der Waals surface area contributed by atoms with Crippen LogP contribution in [0, 0.1) is 0 Å². The van der Waals surface area contributed by atoms with Gasteiger partial charge in [-0.05, 0) is 61.6 Å². The molecular weight excluding hydrogens is 336 g/mol. The Bertz CT molecular complexity index is 743. The molecule has 0 aromatic heterocycles. The van der Waals surface area contributed by atoms with Gasteiger partial charge in [-0.15, -0.1) is 0 Å². The van der Waals surface area contributed by atoms with E-state index in [0.29, 0.717) is 24.0 Å². The SMILES string of the molecule is CC(C)(O)C(O)Cc1cc(CCc2cc(O)cc(O)c2)cc(O)c1CO. The Morgan fingerprint density at radius 2 is 1.42 bits per heavy atom. The van der Waals surface area contributed by atoms with Gasteiger partial charge < -0.3 is 30.6 Å². The lowest BCUT2D eigenvalue weighted by Gasteiger charge is -2.25. The van der Waals surface area contributed by atoms with Crippen LogP contribution in [0.25, 0.3) is 0 Å². The predicted molar refractivity (Wildman–Crippen MR) is 97.2 cm³/mol. The molecule has 2 aromatic rings. The van der Waals surface area contributed by atoms with E-state index in [4.69, 9.17) is 0 Å². The van der Waals surface area contributed by atoms with Crippen molar-refractivity contribution in [2.75, 3.05) is 0 Å². The number of aromatic hydroxyl groups is 3. The van der Waals surface area contributed by atoms with Crippen molar-refractivity contribution in [1.82, 2.24) is 0 Å². The standard InChI is InChI=1S/C20H26O6/c1-20(2,26)19(25)9-14-5-12(8-18(24)17(14)11-21)3-4-13-6-15(22)10-16(23)7-13/h5-8,10,19,21-26H,3-4,9,11H2,1-2H3. The molecule has 1 unspecified atom stereocenters. The molecule has 1 atom stereocenters. The summed E-state index contributed by atoms with van der Waals surface area (Å²) in [6, 6.07) is 7.69. The maximum Gasteiger partial charge on any atom is 0.121 e. The molecule has 6 N–H and O–H groups in total. The summed E-state index contributed by atoms with van der Waals surface area (Å²) in [5.41, 5.74) is 1.10. The second kappa shape index (κ2) is 7.95. The first-order valence-electron chi connectivity index (χ1n) is 8.47. The molecule has 6 nitrogen and oxygen atoms in total. The van der Waals surface area contributed by atoms with E-state index >= 15 is 0 Å². The van der Waals surface area contributed by atoms with E-state index in [1.54, 1.807) is 24.3 Å². The van der Waals surface area contributed by atoms with Gasteiger partial charge in [-0.2, -0.15) is 0 Å². The van der Waals surface area contributed by atoms with Gasteiger partial charge in [0.1, 0.15) is 17.2 Å². The zero-order valence-electron chi connectivity index (χ0n) is 15.0. The number of benzene rings is 2. The first kappa shape index (κ1) is 20.0. The Morgan fingerprint density at radius 3 is 1.92 bits per heavy atom. The summed E-state index contributed by atoms with van der Waals surface area (Å²) in [6.45, 7) is 2.61. The van der Waals surface area contributed by atoms with Crippen LogP contribution in [-0.4, -0.2) is 42.3 Å². The van der Waals surface area contributed by atoms with Crippen LogP contribution in [0.1, 0.15) is 36.1 Å². The van der Waals surface area contributed by atoms with Crippen molar-refractivity contribution in [3.8, 4) is 17.2 Å². The second-order valence-electron chi connectivity index (χ2n) is 7.14. The van der Waals surface area contributed by atoms with Crippen LogP contribution in [-0.2, 0) is 25.9 Å². The highest BCUT2D eigenvalue weighted by atomic mass is 16.3. The van der Waals surface area contributed by atoms with Crippen molar-refractivity contribution in [1.29, 1.82) is 0 Å². The number of aliphatic hydroxyl groups is 3. The summed E-state index contributed by atoms with van der Waals surface area (Å²) in [5, 5.41) is 58.9. The minimum atomic E-state index is -1.31. The maximum atomic E-state index is 10.2. The number of rotatable bonds is 7.